The number of carbonyl (C=O) groups excluding carboxylic acids is 1. The third-order valence-electron chi connectivity index (χ3n) is 2.34. The first-order valence-corrected chi connectivity index (χ1v) is 5.42. The highest BCUT2D eigenvalue weighted by molar-refractivity contribution is 9.10. The minimum atomic E-state index is -0.0568. The lowest BCUT2D eigenvalue weighted by Crippen LogP contribution is -2.17. The number of amides is 1. The van der Waals surface area contributed by atoms with Crippen LogP contribution in [0.1, 0.15) is 10.4 Å². The van der Waals surface area contributed by atoms with Gasteiger partial charge < -0.3 is 5.32 Å². The molecule has 1 amide bonds. The Balaban J connectivity index is 2.77. The smallest absolute Gasteiger partial charge is 0.251 e. The van der Waals surface area contributed by atoms with Crippen molar-refractivity contribution in [3.05, 3.63) is 46.4 Å². The Hall–Kier alpha value is -1.35. The van der Waals surface area contributed by atoms with Crippen LogP contribution < -0.4 is 5.32 Å². The van der Waals surface area contributed by atoms with Gasteiger partial charge in [-0.25, -0.2) is 0 Å². The number of rotatable bonds is 1. The van der Waals surface area contributed by atoms with E-state index >= 15 is 0 Å². The lowest BCUT2D eigenvalue weighted by molar-refractivity contribution is 0.0965. The predicted molar refractivity (Wildman–Crippen MR) is 65.0 cm³/mol. The van der Waals surface area contributed by atoms with Crippen LogP contribution in [0.5, 0.6) is 0 Å². The molecule has 2 aromatic rings. The standard InChI is InChI=1S/C12H10BrNO/c1-14-12(15)10-6-2-5-9-8(10)4-3-7-11(9)13/h2-7H,1H3,(H,14,15). The highest BCUT2D eigenvalue weighted by atomic mass is 79.9. The molecule has 15 heavy (non-hydrogen) atoms. The number of benzene rings is 2. The molecule has 3 heteroatoms. The molecule has 0 saturated heterocycles. The molecule has 2 aromatic carbocycles. The van der Waals surface area contributed by atoms with Gasteiger partial charge in [-0.3, -0.25) is 4.79 Å². The Labute approximate surface area is 96.4 Å². The molecule has 1 N–H and O–H groups in total. The van der Waals surface area contributed by atoms with Crippen LogP contribution in [0, 0.1) is 0 Å². The van der Waals surface area contributed by atoms with E-state index in [1.807, 2.05) is 36.4 Å². The lowest BCUT2D eigenvalue weighted by atomic mass is 10.0. The highest BCUT2D eigenvalue weighted by Gasteiger charge is 2.08. The van der Waals surface area contributed by atoms with Crippen LogP contribution in [0.15, 0.2) is 40.9 Å². The number of hydrogen-bond donors (Lipinski definition) is 1. The largest absolute Gasteiger partial charge is 0.355 e. The van der Waals surface area contributed by atoms with Crippen molar-refractivity contribution in [2.75, 3.05) is 7.05 Å². The van der Waals surface area contributed by atoms with Gasteiger partial charge in [0.1, 0.15) is 0 Å². The van der Waals surface area contributed by atoms with Crippen LogP contribution in [0.4, 0.5) is 0 Å². The van der Waals surface area contributed by atoms with Gasteiger partial charge in [-0.2, -0.15) is 0 Å². The molecule has 0 aliphatic rings. The fourth-order valence-corrected chi connectivity index (χ4v) is 2.10. The number of carbonyl (C=O) groups is 1. The van der Waals surface area contributed by atoms with Crippen molar-refractivity contribution < 1.29 is 4.79 Å². The van der Waals surface area contributed by atoms with Gasteiger partial charge in [-0.05, 0) is 22.9 Å². The summed E-state index contributed by atoms with van der Waals surface area (Å²) in [5, 5.41) is 4.66. The molecule has 2 rings (SSSR count). The maximum atomic E-state index is 11.6. The Morgan fingerprint density at radius 2 is 1.80 bits per heavy atom. The summed E-state index contributed by atoms with van der Waals surface area (Å²) in [7, 11) is 1.64. The van der Waals surface area contributed by atoms with Crippen molar-refractivity contribution in [3.63, 3.8) is 0 Å². The van der Waals surface area contributed by atoms with Crippen LogP contribution in [0.25, 0.3) is 10.8 Å². The number of halogens is 1. The zero-order valence-corrected chi connectivity index (χ0v) is 9.84. The second kappa shape index (κ2) is 4.03. The average molecular weight is 264 g/mol. The van der Waals surface area contributed by atoms with E-state index in [0.717, 1.165) is 15.2 Å². The lowest BCUT2D eigenvalue weighted by Gasteiger charge is -2.06. The number of nitrogens with one attached hydrogen (secondary N) is 1. The molecule has 0 aliphatic carbocycles. The van der Waals surface area contributed by atoms with E-state index in [1.165, 1.54) is 0 Å². The second-order valence-corrected chi connectivity index (χ2v) is 4.07. The van der Waals surface area contributed by atoms with Crippen LogP contribution in [-0.2, 0) is 0 Å². The van der Waals surface area contributed by atoms with Crippen LogP contribution in [0.3, 0.4) is 0 Å². The van der Waals surface area contributed by atoms with Crippen LogP contribution >= 0.6 is 15.9 Å². The van der Waals surface area contributed by atoms with E-state index in [0.29, 0.717) is 5.56 Å². The summed E-state index contributed by atoms with van der Waals surface area (Å²) in [4.78, 5) is 11.6. The molecule has 0 unspecified atom stereocenters. The number of fused-ring (bicyclic) bond motifs is 1. The first kappa shape index (κ1) is 10.2. The summed E-state index contributed by atoms with van der Waals surface area (Å²) in [6.45, 7) is 0. The van der Waals surface area contributed by atoms with E-state index in [1.54, 1.807) is 7.05 Å². The quantitative estimate of drug-likeness (QED) is 0.842. The fourth-order valence-electron chi connectivity index (χ4n) is 1.60. The van der Waals surface area contributed by atoms with Crippen molar-refractivity contribution in [3.8, 4) is 0 Å². The Bertz CT molecular complexity index is 522. The van der Waals surface area contributed by atoms with Crippen molar-refractivity contribution in [2.24, 2.45) is 0 Å². The molecule has 2 nitrogen and oxygen atoms in total. The molecule has 0 aliphatic heterocycles. The molecular formula is C12H10BrNO. The van der Waals surface area contributed by atoms with Gasteiger partial charge in [0.15, 0.2) is 0 Å². The summed E-state index contributed by atoms with van der Waals surface area (Å²) in [6, 6.07) is 11.6. The Kier molecular flexibility index (Phi) is 2.73. The Morgan fingerprint density at radius 1 is 1.13 bits per heavy atom. The highest BCUT2D eigenvalue weighted by Crippen LogP contribution is 2.26. The Morgan fingerprint density at radius 3 is 2.53 bits per heavy atom. The van der Waals surface area contributed by atoms with E-state index < -0.39 is 0 Å². The molecule has 0 atom stereocenters. The van der Waals surface area contributed by atoms with Crippen molar-refractivity contribution in [2.45, 2.75) is 0 Å². The predicted octanol–water partition coefficient (Wildman–Crippen LogP) is 2.96. The van der Waals surface area contributed by atoms with Crippen molar-refractivity contribution in [1.29, 1.82) is 0 Å². The van der Waals surface area contributed by atoms with Crippen LogP contribution in [-0.4, -0.2) is 13.0 Å². The number of hydrogen-bond acceptors (Lipinski definition) is 1. The van der Waals surface area contributed by atoms with E-state index in [4.69, 9.17) is 0 Å². The van der Waals surface area contributed by atoms with Gasteiger partial charge in [-0.15, -0.1) is 0 Å². The van der Waals surface area contributed by atoms with Gasteiger partial charge in [0.05, 0.1) is 0 Å². The SMILES string of the molecule is CNC(=O)c1cccc2c(Br)cccc12. The minimum absolute atomic E-state index is 0.0568. The molecule has 0 radical (unpaired) electrons. The second-order valence-electron chi connectivity index (χ2n) is 3.22. The molecule has 76 valence electrons. The third-order valence-corrected chi connectivity index (χ3v) is 3.03. The molecule has 0 saturated carbocycles. The maximum absolute atomic E-state index is 11.6. The van der Waals surface area contributed by atoms with Gasteiger partial charge in [-0.1, -0.05) is 40.2 Å². The molecular weight excluding hydrogens is 254 g/mol. The van der Waals surface area contributed by atoms with Gasteiger partial charge in [0.2, 0.25) is 0 Å². The van der Waals surface area contributed by atoms with Crippen molar-refractivity contribution >= 4 is 32.6 Å². The van der Waals surface area contributed by atoms with Gasteiger partial charge >= 0.3 is 0 Å². The molecule has 0 fully saturated rings. The monoisotopic (exact) mass is 263 g/mol. The molecule has 0 heterocycles. The molecule has 0 aromatic heterocycles. The summed E-state index contributed by atoms with van der Waals surface area (Å²) in [5.74, 6) is -0.0568. The van der Waals surface area contributed by atoms with E-state index in [-0.39, 0.29) is 5.91 Å². The third kappa shape index (κ3) is 1.75. The fraction of sp³-hybridized carbons (Fsp3) is 0.0833. The zero-order valence-electron chi connectivity index (χ0n) is 8.25. The average Bonchev–Trinajstić information content (AvgIpc) is 2.28. The van der Waals surface area contributed by atoms with Crippen LogP contribution in [0.2, 0.25) is 0 Å². The van der Waals surface area contributed by atoms with E-state index in [9.17, 15) is 4.79 Å². The summed E-state index contributed by atoms with van der Waals surface area (Å²) >= 11 is 3.47. The maximum Gasteiger partial charge on any atom is 0.251 e. The first-order chi connectivity index (χ1) is 7.24. The van der Waals surface area contributed by atoms with Crippen molar-refractivity contribution in [1.82, 2.24) is 5.32 Å². The van der Waals surface area contributed by atoms with Gasteiger partial charge in [0, 0.05) is 17.1 Å². The van der Waals surface area contributed by atoms with Gasteiger partial charge in [0.25, 0.3) is 5.91 Å². The zero-order chi connectivity index (χ0) is 10.8. The summed E-state index contributed by atoms with van der Waals surface area (Å²) in [6.07, 6.45) is 0. The minimum Gasteiger partial charge on any atom is -0.355 e. The van der Waals surface area contributed by atoms with E-state index in [2.05, 4.69) is 21.2 Å². The first-order valence-electron chi connectivity index (χ1n) is 4.63. The topological polar surface area (TPSA) is 29.1 Å². The normalized spacial score (nSPS) is 10.3. The molecule has 0 bridgehead atoms. The molecule has 0 spiro atoms. The summed E-state index contributed by atoms with van der Waals surface area (Å²) < 4.78 is 1.01. The summed E-state index contributed by atoms with van der Waals surface area (Å²) in [5.41, 5.74) is 0.705.